The molecule has 3 aromatic carbocycles. The third kappa shape index (κ3) is 5.94. The van der Waals surface area contributed by atoms with Crippen LogP contribution in [0.2, 0.25) is 8.87 Å². The van der Waals surface area contributed by atoms with Crippen LogP contribution >= 0.6 is 0 Å². The normalized spacial score (nSPS) is 12.9. The van der Waals surface area contributed by atoms with Gasteiger partial charge >= 0.3 is 192 Å². The summed E-state index contributed by atoms with van der Waals surface area (Å²) in [5, 5.41) is 0. The average molecular weight is 530 g/mol. The molecule has 3 aromatic rings. The first-order valence-corrected chi connectivity index (χ1v) is 16.1. The fraction of sp³-hybridized carbons (Fsp3) is 0.333. The van der Waals surface area contributed by atoms with Gasteiger partial charge in [0.25, 0.3) is 0 Å². The minimum absolute atomic E-state index is 0.179. The van der Waals surface area contributed by atoms with Gasteiger partial charge in [-0.15, -0.1) is 0 Å². The van der Waals surface area contributed by atoms with E-state index < -0.39 is 31.5 Å². The minimum atomic E-state index is -4.32. The van der Waals surface area contributed by atoms with Crippen molar-refractivity contribution in [2.24, 2.45) is 0 Å². The van der Waals surface area contributed by atoms with Gasteiger partial charge in [0.15, 0.2) is 0 Å². The molecule has 163 valence electrons. The van der Waals surface area contributed by atoms with Crippen LogP contribution < -0.4 is 3.58 Å². The number of benzene rings is 3. The molecule has 0 nitrogen and oxygen atoms in total. The van der Waals surface area contributed by atoms with Gasteiger partial charge in [0.05, 0.1) is 0 Å². The van der Waals surface area contributed by atoms with Crippen LogP contribution in [0.25, 0.3) is 0 Å². The predicted octanol–water partition coefficient (Wildman–Crippen LogP) is 7.36. The molecule has 4 heteroatoms. The van der Waals surface area contributed by atoms with Crippen molar-refractivity contribution in [2.75, 3.05) is 0 Å². The van der Waals surface area contributed by atoms with Crippen molar-refractivity contribution in [1.29, 1.82) is 0 Å². The maximum atomic E-state index is 14.0. The van der Waals surface area contributed by atoms with Crippen LogP contribution in [0.1, 0.15) is 44.4 Å². The van der Waals surface area contributed by atoms with Crippen LogP contribution in [0.5, 0.6) is 0 Å². The van der Waals surface area contributed by atoms with Crippen LogP contribution in [0.4, 0.5) is 13.2 Å². The first kappa shape index (κ1) is 23.9. The topological polar surface area (TPSA) is 0 Å². The van der Waals surface area contributed by atoms with Crippen molar-refractivity contribution in [3.63, 3.8) is 0 Å². The molecule has 0 saturated heterocycles. The third-order valence-corrected chi connectivity index (χ3v) is 16.9. The molecule has 0 saturated carbocycles. The second kappa shape index (κ2) is 9.40. The predicted molar refractivity (Wildman–Crippen MR) is 125 cm³/mol. The van der Waals surface area contributed by atoms with Gasteiger partial charge in [0.1, 0.15) is 0 Å². The van der Waals surface area contributed by atoms with Gasteiger partial charge in [-0.05, 0) is 0 Å². The molecule has 0 aromatic heterocycles. The Morgan fingerprint density at radius 2 is 0.968 bits per heavy atom. The van der Waals surface area contributed by atoms with E-state index in [2.05, 4.69) is 52.0 Å². The molecule has 31 heavy (non-hydrogen) atoms. The number of alkyl halides is 3. The van der Waals surface area contributed by atoms with Crippen molar-refractivity contribution in [1.82, 2.24) is 0 Å². The van der Waals surface area contributed by atoms with Gasteiger partial charge in [-0.25, -0.2) is 0 Å². The van der Waals surface area contributed by atoms with Crippen molar-refractivity contribution in [3.05, 3.63) is 102 Å². The molecule has 0 spiro atoms. The molecule has 3 rings (SSSR count). The summed E-state index contributed by atoms with van der Waals surface area (Å²) in [6.45, 7) is 8.70. The van der Waals surface area contributed by atoms with Gasteiger partial charge < -0.3 is 0 Å². The van der Waals surface area contributed by atoms with Gasteiger partial charge in [0, 0.05) is 0 Å². The van der Waals surface area contributed by atoms with E-state index in [9.17, 15) is 13.2 Å². The molecular weight excluding hydrogens is 500 g/mol. The molecule has 0 N–H and O–H groups in total. The zero-order chi connectivity index (χ0) is 22.7. The zero-order valence-electron chi connectivity index (χ0n) is 18.6. The van der Waals surface area contributed by atoms with E-state index in [4.69, 9.17) is 0 Å². The number of hydrogen-bond donors (Lipinski definition) is 0. The van der Waals surface area contributed by atoms with E-state index in [0.717, 1.165) is 8.87 Å². The monoisotopic (exact) mass is 531 g/mol. The van der Waals surface area contributed by atoms with Crippen LogP contribution in [0, 0.1) is 0 Å². The summed E-state index contributed by atoms with van der Waals surface area (Å²) >= 11 is -2.79. The zero-order valence-corrected chi connectivity index (χ0v) is 21.5. The molecule has 0 unspecified atom stereocenters. The van der Waals surface area contributed by atoms with Crippen LogP contribution in [-0.2, 0) is 17.0 Å². The Bertz CT molecular complexity index is 923. The van der Waals surface area contributed by atoms with E-state index in [1.807, 2.05) is 36.4 Å². The van der Waals surface area contributed by atoms with Gasteiger partial charge in [0.2, 0.25) is 0 Å². The fourth-order valence-corrected chi connectivity index (χ4v) is 15.7. The van der Waals surface area contributed by atoms with E-state index >= 15 is 0 Å². The Morgan fingerprint density at radius 1 is 0.581 bits per heavy atom. The first-order valence-electron chi connectivity index (χ1n) is 10.6. The fourth-order valence-electron chi connectivity index (χ4n) is 4.34. The molecule has 0 aliphatic heterocycles. The quantitative estimate of drug-likeness (QED) is 0.280. The second-order valence-electron chi connectivity index (χ2n) is 9.50. The number of rotatable bonds is 7. The summed E-state index contributed by atoms with van der Waals surface area (Å²) in [6.07, 6.45) is -4.32. The number of hydrogen-bond acceptors (Lipinski definition) is 0. The average Bonchev–Trinajstić information content (AvgIpc) is 2.74. The van der Waals surface area contributed by atoms with Crippen LogP contribution in [-0.4, -0.2) is 19.8 Å². The summed E-state index contributed by atoms with van der Waals surface area (Å²) in [7, 11) is 0. The van der Waals surface area contributed by atoms with Crippen LogP contribution in [0.15, 0.2) is 84.9 Å². The second-order valence-corrected chi connectivity index (χ2v) is 16.5. The molecule has 0 heterocycles. The molecule has 0 aliphatic carbocycles. The summed E-state index contributed by atoms with van der Waals surface area (Å²) < 4.78 is 44.1. The summed E-state index contributed by atoms with van der Waals surface area (Å²) in [4.78, 5) is 0. The Morgan fingerprint density at radius 3 is 1.39 bits per heavy atom. The molecule has 0 atom stereocenters. The molecule has 1 radical (unpaired) electrons. The molecule has 0 amide bonds. The Hall–Kier alpha value is -1.75. The Labute approximate surface area is 191 Å². The Kier molecular flexibility index (Phi) is 7.24. The van der Waals surface area contributed by atoms with Crippen molar-refractivity contribution in [3.8, 4) is 0 Å². The van der Waals surface area contributed by atoms with E-state index in [0.29, 0.717) is 3.58 Å². The molecule has 0 fully saturated rings. The summed E-state index contributed by atoms with van der Waals surface area (Å²) in [5.74, 6) is 0. The standard InChI is InChI=1S/2C10H13.C7H4F3.Sn/c2*1-10(2,3)9-7-5-4-6-8-9;8-7(9,10)6-4-2-1-3-5-6;/h2*4-8H,1H2,2-3H3;1-4H;. The van der Waals surface area contributed by atoms with Gasteiger partial charge in [-0.3, -0.25) is 0 Å². The SMILES string of the molecule is CC(C)([CH2][Sn]([CH2]C(C)(C)c1ccccc1)[c]1ccccc1C(F)(F)F)c1ccccc1. The molecular formula is C27H30F3Sn. The Balaban J connectivity index is 2.05. The third-order valence-electron chi connectivity index (χ3n) is 6.03. The number of halogens is 3. The maximum absolute atomic E-state index is 14.0. The van der Waals surface area contributed by atoms with E-state index in [-0.39, 0.29) is 10.8 Å². The first-order chi connectivity index (χ1) is 14.5. The van der Waals surface area contributed by atoms with Crippen LogP contribution in [0.3, 0.4) is 0 Å². The van der Waals surface area contributed by atoms with Crippen molar-refractivity contribution < 1.29 is 13.2 Å². The summed E-state index contributed by atoms with van der Waals surface area (Å²) in [5.41, 5.74) is 1.59. The van der Waals surface area contributed by atoms with E-state index in [1.165, 1.54) is 23.3 Å². The van der Waals surface area contributed by atoms with Gasteiger partial charge in [-0.1, -0.05) is 0 Å². The van der Waals surface area contributed by atoms with Gasteiger partial charge in [-0.2, -0.15) is 0 Å². The van der Waals surface area contributed by atoms with Crippen molar-refractivity contribution in [2.45, 2.75) is 53.6 Å². The molecule has 0 aliphatic rings. The van der Waals surface area contributed by atoms with E-state index in [1.54, 1.807) is 12.1 Å². The summed E-state index contributed by atoms with van der Waals surface area (Å²) in [6, 6.07) is 26.7. The van der Waals surface area contributed by atoms with Crippen molar-refractivity contribution >= 4 is 23.3 Å². The molecule has 0 bridgehead atoms.